The van der Waals surface area contributed by atoms with Crippen LogP contribution in [0.1, 0.15) is 48.3 Å². The Labute approximate surface area is 137 Å². The fourth-order valence-corrected chi connectivity index (χ4v) is 3.15. The third kappa shape index (κ3) is 3.92. The topological polar surface area (TPSA) is 59.0 Å². The Morgan fingerprint density at radius 2 is 1.78 bits per heavy atom. The zero-order chi connectivity index (χ0) is 16.2. The summed E-state index contributed by atoms with van der Waals surface area (Å²) in [5, 5.41) is 10.7. The number of hydrogen-bond acceptors (Lipinski definition) is 3. The Morgan fingerprint density at radius 1 is 1.13 bits per heavy atom. The molecule has 1 amide bonds. The lowest BCUT2D eigenvalue weighted by Gasteiger charge is -2.23. The highest BCUT2D eigenvalue weighted by atomic mass is 16.2. The van der Waals surface area contributed by atoms with Gasteiger partial charge in [0, 0.05) is 24.5 Å². The fourth-order valence-electron chi connectivity index (χ4n) is 3.15. The van der Waals surface area contributed by atoms with E-state index in [1.807, 2.05) is 31.2 Å². The third-order valence-electron chi connectivity index (χ3n) is 4.35. The van der Waals surface area contributed by atoms with Crippen LogP contribution in [0.25, 0.3) is 0 Å². The fraction of sp³-hybridized carbons (Fsp3) is 0.444. The first-order valence-corrected chi connectivity index (χ1v) is 8.30. The maximum absolute atomic E-state index is 12.3. The zero-order valence-electron chi connectivity index (χ0n) is 13.8. The van der Waals surface area contributed by atoms with E-state index in [9.17, 15) is 4.79 Å². The summed E-state index contributed by atoms with van der Waals surface area (Å²) in [6.07, 6.45) is 6.49. The van der Waals surface area contributed by atoms with Crippen molar-refractivity contribution in [1.29, 1.82) is 0 Å². The second-order valence-electron chi connectivity index (χ2n) is 6.31. The van der Waals surface area contributed by atoms with Gasteiger partial charge in [0.2, 0.25) is 0 Å². The van der Waals surface area contributed by atoms with E-state index < -0.39 is 0 Å². The van der Waals surface area contributed by atoms with E-state index in [1.54, 1.807) is 17.8 Å². The number of benzene rings is 1. The first kappa shape index (κ1) is 15.6. The van der Waals surface area contributed by atoms with Crippen molar-refractivity contribution in [2.45, 2.75) is 45.1 Å². The summed E-state index contributed by atoms with van der Waals surface area (Å²) < 4.78 is 1.60. The van der Waals surface area contributed by atoms with E-state index in [0.29, 0.717) is 11.7 Å². The van der Waals surface area contributed by atoms with Gasteiger partial charge >= 0.3 is 0 Å². The number of amides is 1. The average Bonchev–Trinajstić information content (AvgIpc) is 2.89. The number of hydrogen-bond donors (Lipinski definition) is 2. The molecule has 1 aliphatic rings. The van der Waals surface area contributed by atoms with Crippen LogP contribution in [0.5, 0.6) is 0 Å². The van der Waals surface area contributed by atoms with Gasteiger partial charge in [-0.1, -0.05) is 19.3 Å². The highest BCUT2D eigenvalue weighted by Gasteiger charge is 2.14. The van der Waals surface area contributed by atoms with E-state index in [-0.39, 0.29) is 5.91 Å². The molecule has 1 fully saturated rings. The molecule has 3 rings (SSSR count). The largest absolute Gasteiger partial charge is 0.382 e. The van der Waals surface area contributed by atoms with Crippen LogP contribution in [0, 0.1) is 6.92 Å². The molecule has 2 aromatic rings. The monoisotopic (exact) mass is 312 g/mol. The van der Waals surface area contributed by atoms with Gasteiger partial charge in [0.1, 0.15) is 5.69 Å². The van der Waals surface area contributed by atoms with E-state index in [4.69, 9.17) is 0 Å². The van der Waals surface area contributed by atoms with Gasteiger partial charge in [0.05, 0.1) is 5.69 Å². The van der Waals surface area contributed by atoms with Crippen LogP contribution in [0.15, 0.2) is 30.3 Å². The van der Waals surface area contributed by atoms with Crippen LogP contribution < -0.4 is 10.6 Å². The minimum absolute atomic E-state index is 0.138. The molecule has 122 valence electrons. The summed E-state index contributed by atoms with van der Waals surface area (Å²) in [6.45, 7) is 1.88. The molecule has 0 radical (unpaired) electrons. The molecule has 1 aromatic heterocycles. The van der Waals surface area contributed by atoms with Crippen LogP contribution in [-0.2, 0) is 7.05 Å². The standard InChI is InChI=1S/C18H24N4O/c1-13-12-17(22(2)21-13)18(23)20-16-10-8-15(9-11-16)19-14-6-4-3-5-7-14/h8-12,14,19H,3-7H2,1-2H3,(H,20,23). The van der Waals surface area contributed by atoms with Gasteiger partial charge in [0.15, 0.2) is 0 Å². The maximum atomic E-state index is 12.3. The van der Waals surface area contributed by atoms with Gasteiger partial charge in [-0.3, -0.25) is 9.48 Å². The van der Waals surface area contributed by atoms with Gasteiger partial charge in [-0.25, -0.2) is 0 Å². The van der Waals surface area contributed by atoms with E-state index in [1.165, 1.54) is 32.1 Å². The number of nitrogens with zero attached hydrogens (tertiary/aromatic N) is 2. The van der Waals surface area contributed by atoms with Gasteiger partial charge in [-0.15, -0.1) is 0 Å². The van der Waals surface area contributed by atoms with Crippen LogP contribution in [0.4, 0.5) is 11.4 Å². The number of rotatable bonds is 4. The van der Waals surface area contributed by atoms with Crippen molar-refractivity contribution < 1.29 is 4.79 Å². The number of aryl methyl sites for hydroxylation is 2. The summed E-state index contributed by atoms with van der Waals surface area (Å²) >= 11 is 0. The molecule has 0 bridgehead atoms. The lowest BCUT2D eigenvalue weighted by atomic mass is 9.95. The van der Waals surface area contributed by atoms with Crippen LogP contribution >= 0.6 is 0 Å². The molecular weight excluding hydrogens is 288 g/mol. The second-order valence-corrected chi connectivity index (χ2v) is 6.31. The Balaban J connectivity index is 1.60. The Hall–Kier alpha value is -2.30. The quantitative estimate of drug-likeness (QED) is 0.904. The minimum atomic E-state index is -0.138. The smallest absolute Gasteiger partial charge is 0.273 e. The molecule has 23 heavy (non-hydrogen) atoms. The highest BCUT2D eigenvalue weighted by molar-refractivity contribution is 6.03. The van der Waals surface area contributed by atoms with E-state index in [2.05, 4.69) is 15.7 Å². The van der Waals surface area contributed by atoms with Gasteiger partial charge in [-0.2, -0.15) is 5.10 Å². The van der Waals surface area contributed by atoms with Crippen molar-refractivity contribution in [3.63, 3.8) is 0 Å². The summed E-state index contributed by atoms with van der Waals surface area (Å²) in [5.41, 5.74) is 3.31. The van der Waals surface area contributed by atoms with Crippen molar-refractivity contribution >= 4 is 17.3 Å². The van der Waals surface area contributed by atoms with Crippen molar-refractivity contribution in [3.8, 4) is 0 Å². The Kier molecular flexibility index (Phi) is 4.65. The van der Waals surface area contributed by atoms with Crippen LogP contribution in [-0.4, -0.2) is 21.7 Å². The molecule has 2 N–H and O–H groups in total. The summed E-state index contributed by atoms with van der Waals surface area (Å²) in [7, 11) is 1.78. The molecule has 5 heteroatoms. The average molecular weight is 312 g/mol. The lowest BCUT2D eigenvalue weighted by molar-refractivity contribution is 0.101. The molecule has 1 aliphatic carbocycles. The Morgan fingerprint density at radius 3 is 2.39 bits per heavy atom. The van der Waals surface area contributed by atoms with Crippen LogP contribution in [0.3, 0.4) is 0 Å². The minimum Gasteiger partial charge on any atom is -0.382 e. The molecule has 1 saturated carbocycles. The van der Waals surface area contributed by atoms with Crippen molar-refractivity contribution in [3.05, 3.63) is 41.7 Å². The molecule has 0 spiro atoms. The third-order valence-corrected chi connectivity index (χ3v) is 4.35. The molecule has 0 saturated heterocycles. The first-order valence-electron chi connectivity index (χ1n) is 8.30. The number of nitrogens with one attached hydrogen (secondary N) is 2. The molecule has 0 unspecified atom stereocenters. The molecule has 5 nitrogen and oxygen atoms in total. The lowest BCUT2D eigenvalue weighted by Crippen LogP contribution is -2.22. The predicted octanol–water partition coefficient (Wildman–Crippen LogP) is 3.73. The summed E-state index contributed by atoms with van der Waals surface area (Å²) in [5.74, 6) is -0.138. The number of anilines is 2. The normalized spacial score (nSPS) is 15.4. The summed E-state index contributed by atoms with van der Waals surface area (Å²) in [4.78, 5) is 12.3. The SMILES string of the molecule is Cc1cc(C(=O)Nc2ccc(NC3CCCCC3)cc2)n(C)n1. The number of carbonyl (C=O) groups excluding carboxylic acids is 1. The molecule has 1 heterocycles. The van der Waals surface area contributed by atoms with Gasteiger partial charge in [0.25, 0.3) is 5.91 Å². The number of aromatic nitrogens is 2. The van der Waals surface area contributed by atoms with E-state index >= 15 is 0 Å². The first-order chi connectivity index (χ1) is 11.1. The Bertz CT molecular complexity index is 669. The number of carbonyl (C=O) groups is 1. The second kappa shape index (κ2) is 6.86. The van der Waals surface area contributed by atoms with E-state index in [0.717, 1.165) is 17.1 Å². The van der Waals surface area contributed by atoms with Gasteiger partial charge in [-0.05, 0) is 50.1 Å². The highest BCUT2D eigenvalue weighted by Crippen LogP contribution is 2.22. The van der Waals surface area contributed by atoms with Crippen molar-refractivity contribution in [1.82, 2.24) is 9.78 Å². The zero-order valence-corrected chi connectivity index (χ0v) is 13.8. The van der Waals surface area contributed by atoms with Crippen LogP contribution in [0.2, 0.25) is 0 Å². The predicted molar refractivity (Wildman–Crippen MR) is 92.8 cm³/mol. The van der Waals surface area contributed by atoms with Crippen molar-refractivity contribution in [2.75, 3.05) is 10.6 Å². The van der Waals surface area contributed by atoms with Gasteiger partial charge < -0.3 is 10.6 Å². The molecule has 0 atom stereocenters. The molecule has 0 aliphatic heterocycles. The summed E-state index contributed by atoms with van der Waals surface area (Å²) in [6, 6.07) is 10.3. The van der Waals surface area contributed by atoms with Crippen molar-refractivity contribution in [2.24, 2.45) is 7.05 Å². The molecule has 1 aromatic carbocycles. The maximum Gasteiger partial charge on any atom is 0.273 e. The molecular formula is C18H24N4O.